The maximum atomic E-state index is 12.7. The molecule has 1 atom stereocenters. The molecule has 142 valence electrons. The van der Waals surface area contributed by atoms with E-state index in [1.165, 1.54) is 10.6 Å². The van der Waals surface area contributed by atoms with Gasteiger partial charge in [-0.1, -0.05) is 0 Å². The Bertz CT molecular complexity index is 785. The Labute approximate surface area is 153 Å². The minimum Gasteiger partial charge on any atom is -0.497 e. The molecule has 2 amide bonds. The second kappa shape index (κ2) is 7.24. The average Bonchev–Trinajstić information content (AvgIpc) is 3.02. The van der Waals surface area contributed by atoms with Crippen molar-refractivity contribution in [2.24, 2.45) is 5.92 Å². The highest BCUT2D eigenvalue weighted by molar-refractivity contribution is 7.88. The molecule has 3 rings (SSSR count). The van der Waals surface area contributed by atoms with Crippen LogP contribution in [0.1, 0.15) is 6.42 Å². The Hall–Kier alpha value is -2.13. The highest BCUT2D eigenvalue weighted by Gasteiger charge is 2.38. The molecule has 2 heterocycles. The van der Waals surface area contributed by atoms with Crippen molar-refractivity contribution < 1.29 is 22.7 Å². The molecule has 0 spiro atoms. The molecule has 2 fully saturated rings. The van der Waals surface area contributed by atoms with E-state index in [1.54, 1.807) is 41.2 Å². The second-order valence-electron chi connectivity index (χ2n) is 6.59. The van der Waals surface area contributed by atoms with E-state index in [0.29, 0.717) is 38.5 Å². The summed E-state index contributed by atoms with van der Waals surface area (Å²) in [5.41, 5.74) is 0.744. The first-order chi connectivity index (χ1) is 12.3. The summed E-state index contributed by atoms with van der Waals surface area (Å²) in [6.07, 6.45) is 1.35. The van der Waals surface area contributed by atoms with E-state index in [1.807, 2.05) is 0 Å². The first-order valence-electron chi connectivity index (χ1n) is 8.48. The number of anilines is 1. The van der Waals surface area contributed by atoms with Crippen molar-refractivity contribution in [2.45, 2.75) is 6.42 Å². The van der Waals surface area contributed by atoms with Gasteiger partial charge in [0.05, 0.1) is 19.3 Å². The van der Waals surface area contributed by atoms with Gasteiger partial charge in [0.1, 0.15) is 5.75 Å². The van der Waals surface area contributed by atoms with E-state index in [0.717, 1.165) is 5.69 Å². The van der Waals surface area contributed by atoms with Crippen molar-refractivity contribution in [1.29, 1.82) is 0 Å². The van der Waals surface area contributed by atoms with E-state index < -0.39 is 15.9 Å². The molecule has 2 aliphatic rings. The number of benzene rings is 1. The highest BCUT2D eigenvalue weighted by atomic mass is 32.2. The monoisotopic (exact) mass is 381 g/mol. The van der Waals surface area contributed by atoms with Crippen molar-refractivity contribution >= 4 is 27.5 Å². The van der Waals surface area contributed by atoms with Crippen LogP contribution in [0.15, 0.2) is 24.3 Å². The number of methoxy groups -OCH3 is 1. The molecule has 0 saturated carbocycles. The molecule has 26 heavy (non-hydrogen) atoms. The quantitative estimate of drug-likeness (QED) is 0.741. The molecule has 9 heteroatoms. The van der Waals surface area contributed by atoms with Gasteiger partial charge in [-0.05, 0) is 24.3 Å². The van der Waals surface area contributed by atoms with Crippen LogP contribution in [0.4, 0.5) is 5.69 Å². The average molecular weight is 381 g/mol. The number of nitrogens with zero attached hydrogens (tertiary/aromatic N) is 3. The fraction of sp³-hybridized carbons (Fsp3) is 0.529. The first-order valence-corrected chi connectivity index (χ1v) is 10.3. The first kappa shape index (κ1) is 18.7. The Morgan fingerprint density at radius 1 is 1.12 bits per heavy atom. The number of hydrogen-bond donors (Lipinski definition) is 0. The molecule has 1 aromatic rings. The zero-order chi connectivity index (χ0) is 18.9. The van der Waals surface area contributed by atoms with Crippen molar-refractivity contribution in [3.05, 3.63) is 24.3 Å². The Balaban J connectivity index is 1.62. The normalized spacial score (nSPS) is 21.9. The third kappa shape index (κ3) is 3.83. The van der Waals surface area contributed by atoms with Gasteiger partial charge >= 0.3 is 0 Å². The SMILES string of the molecule is COc1ccc(N2CC(C(=O)N3CCN(S(C)(=O)=O)CC3)CC2=O)cc1. The number of amides is 2. The summed E-state index contributed by atoms with van der Waals surface area (Å²) < 4.78 is 29.6. The largest absolute Gasteiger partial charge is 0.497 e. The van der Waals surface area contributed by atoms with Crippen molar-refractivity contribution in [3.63, 3.8) is 0 Å². The minimum atomic E-state index is -3.23. The van der Waals surface area contributed by atoms with Crippen molar-refractivity contribution in [1.82, 2.24) is 9.21 Å². The maximum Gasteiger partial charge on any atom is 0.228 e. The van der Waals surface area contributed by atoms with Crippen LogP contribution in [0.2, 0.25) is 0 Å². The van der Waals surface area contributed by atoms with Gasteiger partial charge in [0.2, 0.25) is 21.8 Å². The van der Waals surface area contributed by atoms with Gasteiger partial charge in [-0.25, -0.2) is 8.42 Å². The van der Waals surface area contributed by atoms with Crippen molar-refractivity contribution in [2.75, 3.05) is 51.0 Å². The smallest absolute Gasteiger partial charge is 0.228 e. The van der Waals surface area contributed by atoms with E-state index in [2.05, 4.69) is 0 Å². The number of carbonyl (C=O) groups excluding carboxylic acids is 2. The summed E-state index contributed by atoms with van der Waals surface area (Å²) in [4.78, 5) is 28.4. The summed E-state index contributed by atoms with van der Waals surface area (Å²) in [7, 11) is -1.65. The molecule has 2 aliphatic heterocycles. The molecule has 0 bridgehead atoms. The van der Waals surface area contributed by atoms with Crippen LogP contribution in [-0.4, -0.2) is 75.5 Å². The third-order valence-corrected chi connectivity index (χ3v) is 6.18. The van der Waals surface area contributed by atoms with Crippen LogP contribution in [0, 0.1) is 5.92 Å². The molecule has 0 aliphatic carbocycles. The van der Waals surface area contributed by atoms with Crippen LogP contribution >= 0.6 is 0 Å². The third-order valence-electron chi connectivity index (χ3n) is 4.88. The molecular formula is C17H23N3O5S. The standard InChI is InChI=1S/C17H23N3O5S/c1-25-15-5-3-14(4-6-15)20-12-13(11-16(20)21)17(22)18-7-9-19(10-8-18)26(2,23)24/h3-6,13H,7-12H2,1-2H3. The number of sulfonamides is 1. The molecule has 2 saturated heterocycles. The Kier molecular flexibility index (Phi) is 5.19. The van der Waals surface area contributed by atoms with Gasteiger partial charge in [-0.2, -0.15) is 4.31 Å². The molecule has 8 nitrogen and oxygen atoms in total. The number of rotatable bonds is 4. The number of piperazine rings is 1. The number of carbonyl (C=O) groups is 2. The molecule has 1 unspecified atom stereocenters. The predicted octanol–water partition coefficient (Wildman–Crippen LogP) is 0.152. The van der Waals surface area contributed by atoms with Crippen LogP contribution in [0.25, 0.3) is 0 Å². The summed E-state index contributed by atoms with van der Waals surface area (Å²) >= 11 is 0. The van der Waals surface area contributed by atoms with Gasteiger partial charge in [0.25, 0.3) is 0 Å². The topological polar surface area (TPSA) is 87.2 Å². The lowest BCUT2D eigenvalue weighted by Crippen LogP contribution is -2.51. The summed E-state index contributed by atoms with van der Waals surface area (Å²) in [6, 6.07) is 7.16. The minimum absolute atomic E-state index is 0.0803. The fourth-order valence-electron chi connectivity index (χ4n) is 3.38. The van der Waals surface area contributed by atoms with Gasteiger partial charge in [-0.15, -0.1) is 0 Å². The lowest BCUT2D eigenvalue weighted by molar-refractivity contribution is -0.136. The number of ether oxygens (including phenoxy) is 1. The lowest BCUT2D eigenvalue weighted by Gasteiger charge is -2.34. The maximum absolute atomic E-state index is 12.7. The van der Waals surface area contributed by atoms with E-state index in [4.69, 9.17) is 4.74 Å². The van der Waals surface area contributed by atoms with Gasteiger partial charge in [0.15, 0.2) is 0 Å². The van der Waals surface area contributed by atoms with Crippen LogP contribution in [0.3, 0.4) is 0 Å². The Morgan fingerprint density at radius 3 is 2.27 bits per heavy atom. The predicted molar refractivity (Wildman–Crippen MR) is 96.5 cm³/mol. The second-order valence-corrected chi connectivity index (χ2v) is 8.57. The van der Waals surface area contributed by atoms with E-state index in [-0.39, 0.29) is 18.2 Å². The lowest BCUT2D eigenvalue weighted by atomic mass is 10.1. The van der Waals surface area contributed by atoms with Gasteiger partial charge in [-0.3, -0.25) is 9.59 Å². The van der Waals surface area contributed by atoms with Crippen LogP contribution in [0.5, 0.6) is 5.75 Å². The zero-order valence-electron chi connectivity index (χ0n) is 14.9. The summed E-state index contributed by atoms with van der Waals surface area (Å²) in [5.74, 6) is 0.150. The molecule has 1 aromatic carbocycles. The van der Waals surface area contributed by atoms with Gasteiger partial charge < -0.3 is 14.5 Å². The van der Waals surface area contributed by atoms with Crippen molar-refractivity contribution in [3.8, 4) is 5.75 Å². The van der Waals surface area contributed by atoms with E-state index >= 15 is 0 Å². The Morgan fingerprint density at radius 2 is 1.73 bits per heavy atom. The molecule has 0 N–H and O–H groups in total. The number of hydrogen-bond acceptors (Lipinski definition) is 5. The molecule has 0 radical (unpaired) electrons. The molecule has 0 aromatic heterocycles. The molecular weight excluding hydrogens is 358 g/mol. The summed E-state index contributed by atoms with van der Waals surface area (Å²) in [5, 5.41) is 0. The summed E-state index contributed by atoms with van der Waals surface area (Å²) in [6.45, 7) is 1.66. The van der Waals surface area contributed by atoms with E-state index in [9.17, 15) is 18.0 Å². The zero-order valence-corrected chi connectivity index (χ0v) is 15.7. The van der Waals surface area contributed by atoms with Crippen LogP contribution in [-0.2, 0) is 19.6 Å². The van der Waals surface area contributed by atoms with Gasteiger partial charge in [0, 0.05) is 44.8 Å². The van der Waals surface area contributed by atoms with Crippen LogP contribution < -0.4 is 9.64 Å². The fourth-order valence-corrected chi connectivity index (χ4v) is 4.21. The highest BCUT2D eigenvalue weighted by Crippen LogP contribution is 2.28.